The molecule has 4 rings (SSSR count). The maximum atomic E-state index is 5.90. The number of ether oxygens (including phenoxy) is 2. The summed E-state index contributed by atoms with van der Waals surface area (Å²) < 4.78 is 11.1. The molecule has 2 aromatic carbocycles. The Morgan fingerprint density at radius 3 is 2.86 bits per heavy atom. The molecule has 0 N–H and O–H groups in total. The van der Waals surface area contributed by atoms with Gasteiger partial charge in [0.2, 0.25) is 5.88 Å². The number of aromatic nitrogens is 1. The van der Waals surface area contributed by atoms with Crippen LogP contribution in [0.25, 0.3) is 10.9 Å². The molecular formula is C17H12N2O2. The van der Waals surface area contributed by atoms with Crippen molar-refractivity contribution in [2.24, 2.45) is 4.99 Å². The monoisotopic (exact) mass is 276 g/mol. The number of hydrogen-bond acceptors (Lipinski definition) is 4. The number of pyridine rings is 1. The largest absolute Gasteiger partial charge is 0.497 e. The van der Waals surface area contributed by atoms with E-state index in [-0.39, 0.29) is 0 Å². The van der Waals surface area contributed by atoms with Crippen LogP contribution in [0, 0.1) is 0 Å². The Morgan fingerprint density at radius 1 is 1.05 bits per heavy atom. The highest BCUT2D eigenvalue weighted by Crippen LogP contribution is 2.36. The van der Waals surface area contributed by atoms with E-state index in [1.165, 1.54) is 0 Å². The molecule has 4 nitrogen and oxygen atoms in total. The molecule has 1 aliphatic rings. The number of fused-ring (bicyclic) bond motifs is 3. The van der Waals surface area contributed by atoms with Crippen molar-refractivity contribution in [3.05, 3.63) is 54.1 Å². The molecule has 0 bridgehead atoms. The quantitative estimate of drug-likeness (QED) is 0.525. The van der Waals surface area contributed by atoms with Gasteiger partial charge in [-0.05, 0) is 36.4 Å². The molecule has 0 saturated carbocycles. The molecule has 3 aromatic rings. The number of nitrogens with zero attached hydrogens (tertiary/aromatic N) is 2. The number of benzene rings is 2. The summed E-state index contributed by atoms with van der Waals surface area (Å²) in [5, 5.41) is 0.995. The molecule has 1 aromatic heterocycles. The second-order valence-corrected chi connectivity index (χ2v) is 4.77. The molecule has 0 radical (unpaired) electrons. The van der Waals surface area contributed by atoms with Gasteiger partial charge in [0.15, 0.2) is 5.75 Å². The van der Waals surface area contributed by atoms with Gasteiger partial charge in [-0.3, -0.25) is 4.99 Å². The van der Waals surface area contributed by atoms with Gasteiger partial charge in [-0.25, -0.2) is 4.98 Å². The third-order valence-corrected chi connectivity index (χ3v) is 3.43. The van der Waals surface area contributed by atoms with Crippen molar-refractivity contribution in [3.8, 4) is 17.4 Å². The zero-order valence-electron chi connectivity index (χ0n) is 11.4. The van der Waals surface area contributed by atoms with E-state index < -0.39 is 0 Å². The molecule has 1 aliphatic heterocycles. The number of methoxy groups -OCH3 is 1. The lowest BCUT2D eigenvalue weighted by atomic mass is 10.1. The average molecular weight is 276 g/mol. The second kappa shape index (κ2) is 4.59. The first-order valence-corrected chi connectivity index (χ1v) is 6.63. The number of para-hydroxylation sites is 2. The van der Waals surface area contributed by atoms with Crippen LogP contribution >= 0.6 is 0 Å². The van der Waals surface area contributed by atoms with Crippen LogP contribution < -0.4 is 9.47 Å². The van der Waals surface area contributed by atoms with Gasteiger partial charge in [0.25, 0.3) is 0 Å². The molecular weight excluding hydrogens is 264 g/mol. The lowest BCUT2D eigenvalue weighted by Gasteiger charge is -2.08. The minimum atomic E-state index is 0.571. The number of hydrogen-bond donors (Lipinski definition) is 0. The van der Waals surface area contributed by atoms with E-state index in [0.717, 1.165) is 27.9 Å². The first-order chi connectivity index (χ1) is 10.3. The Hall–Kier alpha value is -2.88. The van der Waals surface area contributed by atoms with E-state index in [0.29, 0.717) is 11.6 Å². The van der Waals surface area contributed by atoms with Gasteiger partial charge >= 0.3 is 0 Å². The van der Waals surface area contributed by atoms with E-state index in [4.69, 9.17) is 9.47 Å². The van der Waals surface area contributed by atoms with Gasteiger partial charge in [0.05, 0.1) is 18.2 Å². The number of aliphatic imine (C=N–C) groups is 1. The van der Waals surface area contributed by atoms with E-state index in [1.807, 2.05) is 48.5 Å². The number of rotatable bonds is 1. The highest BCUT2D eigenvalue weighted by molar-refractivity contribution is 5.93. The van der Waals surface area contributed by atoms with Gasteiger partial charge in [-0.2, -0.15) is 0 Å². The minimum absolute atomic E-state index is 0.571. The smallest absolute Gasteiger partial charge is 0.228 e. The van der Waals surface area contributed by atoms with Crippen LogP contribution in [0.3, 0.4) is 0 Å². The summed E-state index contributed by atoms with van der Waals surface area (Å²) in [6.45, 7) is 0. The van der Waals surface area contributed by atoms with Crippen LogP contribution in [0.1, 0.15) is 5.56 Å². The Balaban J connectivity index is 1.91. The van der Waals surface area contributed by atoms with Gasteiger partial charge < -0.3 is 9.47 Å². The lowest BCUT2D eigenvalue weighted by Crippen LogP contribution is -1.93. The first kappa shape index (κ1) is 11.9. The fourth-order valence-corrected chi connectivity index (χ4v) is 2.35. The van der Waals surface area contributed by atoms with Crippen LogP contribution in [0.4, 0.5) is 5.69 Å². The predicted molar refractivity (Wildman–Crippen MR) is 82.1 cm³/mol. The molecule has 2 heterocycles. The summed E-state index contributed by atoms with van der Waals surface area (Å²) >= 11 is 0. The van der Waals surface area contributed by atoms with Gasteiger partial charge in [0, 0.05) is 11.6 Å². The highest BCUT2D eigenvalue weighted by Gasteiger charge is 2.14. The highest BCUT2D eigenvalue weighted by atomic mass is 16.5. The molecule has 0 spiro atoms. The average Bonchev–Trinajstić information content (AvgIpc) is 2.71. The van der Waals surface area contributed by atoms with Crippen molar-refractivity contribution in [1.29, 1.82) is 0 Å². The Bertz CT molecular complexity index is 872. The van der Waals surface area contributed by atoms with E-state index in [2.05, 4.69) is 9.98 Å². The van der Waals surface area contributed by atoms with Gasteiger partial charge in [0.1, 0.15) is 11.4 Å². The molecule has 0 aliphatic carbocycles. The maximum absolute atomic E-state index is 5.90. The zero-order valence-corrected chi connectivity index (χ0v) is 11.4. The molecule has 21 heavy (non-hydrogen) atoms. The van der Waals surface area contributed by atoms with Crippen LogP contribution in [-0.2, 0) is 0 Å². The van der Waals surface area contributed by atoms with Crippen molar-refractivity contribution in [3.63, 3.8) is 0 Å². The molecule has 0 amide bonds. The predicted octanol–water partition coefficient (Wildman–Crippen LogP) is 4.10. The molecule has 0 atom stereocenters. The van der Waals surface area contributed by atoms with Crippen LogP contribution in [0.5, 0.6) is 17.4 Å². The summed E-state index contributed by atoms with van der Waals surface area (Å²) in [5.41, 5.74) is 2.52. The molecule has 102 valence electrons. The van der Waals surface area contributed by atoms with Crippen LogP contribution in [0.2, 0.25) is 0 Å². The Kier molecular flexibility index (Phi) is 2.60. The normalized spacial score (nSPS) is 12.2. The van der Waals surface area contributed by atoms with Gasteiger partial charge in [-0.1, -0.05) is 12.1 Å². The lowest BCUT2D eigenvalue weighted by molar-refractivity contribution is 0.415. The summed E-state index contributed by atoms with van der Waals surface area (Å²) in [7, 11) is 1.65. The van der Waals surface area contributed by atoms with E-state index in [9.17, 15) is 0 Å². The fraction of sp³-hybridized carbons (Fsp3) is 0.0588. The van der Waals surface area contributed by atoms with Gasteiger partial charge in [-0.15, -0.1) is 0 Å². The summed E-state index contributed by atoms with van der Waals surface area (Å²) in [4.78, 5) is 9.04. The molecule has 0 fully saturated rings. The third kappa shape index (κ3) is 2.01. The van der Waals surface area contributed by atoms with Crippen molar-refractivity contribution in [1.82, 2.24) is 4.98 Å². The molecule has 0 saturated heterocycles. The second-order valence-electron chi connectivity index (χ2n) is 4.77. The first-order valence-electron chi connectivity index (χ1n) is 6.63. The van der Waals surface area contributed by atoms with Crippen molar-refractivity contribution in [2.75, 3.05) is 7.11 Å². The van der Waals surface area contributed by atoms with Crippen LogP contribution in [0.15, 0.2) is 53.5 Å². The Labute approximate surface area is 121 Å². The standard InChI is InChI=1S/C17H12N2O2/c1-20-13-6-7-14-11(9-13)8-12-10-18-15-4-2-3-5-16(15)21-17(12)19-14/h2-10H,1H3. The third-order valence-electron chi connectivity index (χ3n) is 3.43. The summed E-state index contributed by atoms with van der Waals surface area (Å²) in [5.74, 6) is 2.09. The SMILES string of the molecule is COc1ccc2nc3c(cc2c1)C=Nc1ccccc1O3. The summed E-state index contributed by atoms with van der Waals surface area (Å²) in [6, 6.07) is 15.4. The van der Waals surface area contributed by atoms with Crippen LogP contribution in [-0.4, -0.2) is 18.3 Å². The van der Waals surface area contributed by atoms with E-state index in [1.54, 1.807) is 13.3 Å². The van der Waals surface area contributed by atoms with E-state index >= 15 is 0 Å². The topological polar surface area (TPSA) is 43.7 Å². The zero-order chi connectivity index (χ0) is 14.2. The summed E-state index contributed by atoms with van der Waals surface area (Å²) in [6.07, 6.45) is 1.78. The molecule has 4 heteroatoms. The van der Waals surface area contributed by atoms with Crippen molar-refractivity contribution < 1.29 is 9.47 Å². The Morgan fingerprint density at radius 2 is 1.95 bits per heavy atom. The molecule has 0 unspecified atom stereocenters. The minimum Gasteiger partial charge on any atom is -0.497 e. The maximum Gasteiger partial charge on any atom is 0.228 e. The van der Waals surface area contributed by atoms with Crippen molar-refractivity contribution >= 4 is 22.8 Å². The fourth-order valence-electron chi connectivity index (χ4n) is 2.35. The van der Waals surface area contributed by atoms with Crippen molar-refractivity contribution in [2.45, 2.75) is 0 Å².